The number of carbonyl (C=O) groups excluding carboxylic acids is 1. The summed E-state index contributed by atoms with van der Waals surface area (Å²) in [6, 6.07) is 0.0419. The summed E-state index contributed by atoms with van der Waals surface area (Å²) in [5, 5.41) is 14.4. The summed E-state index contributed by atoms with van der Waals surface area (Å²) >= 11 is 0. The first-order valence-electron chi connectivity index (χ1n) is 5.41. The normalized spacial score (nSPS) is 23.4. The molecule has 2 unspecified atom stereocenters. The summed E-state index contributed by atoms with van der Waals surface area (Å²) in [4.78, 5) is 11.9. The third-order valence-corrected chi connectivity index (χ3v) is 2.66. The highest BCUT2D eigenvalue weighted by Gasteiger charge is 2.29. The molecule has 4 N–H and O–H groups in total. The van der Waals surface area contributed by atoms with Crippen LogP contribution in [0.15, 0.2) is 5.16 Å². The molecule has 0 aromatic heterocycles. The molecule has 1 amide bonds. The number of hydrogen-bond donors (Lipinski definition) is 3. The maximum absolute atomic E-state index is 11.9. The molecule has 0 spiro atoms. The molecule has 0 bridgehead atoms. The third-order valence-electron chi connectivity index (χ3n) is 2.66. The highest BCUT2D eigenvalue weighted by molar-refractivity contribution is 6.02. The zero-order valence-electron chi connectivity index (χ0n) is 9.64. The molecule has 92 valence electrons. The van der Waals surface area contributed by atoms with Crippen molar-refractivity contribution in [2.24, 2.45) is 22.7 Å². The van der Waals surface area contributed by atoms with E-state index in [-0.39, 0.29) is 23.7 Å². The smallest absolute Gasteiger partial charge is 0.231 e. The molecule has 0 aromatic rings. The van der Waals surface area contributed by atoms with Crippen molar-refractivity contribution in [2.45, 2.75) is 26.3 Å². The summed E-state index contributed by atoms with van der Waals surface area (Å²) in [5.41, 5.74) is 5.50. The fourth-order valence-electron chi connectivity index (χ4n) is 1.78. The Hall–Kier alpha value is -1.30. The van der Waals surface area contributed by atoms with E-state index in [4.69, 9.17) is 15.7 Å². The van der Waals surface area contributed by atoms with E-state index in [2.05, 4.69) is 10.5 Å². The van der Waals surface area contributed by atoms with E-state index in [1.54, 1.807) is 0 Å². The molecular weight excluding hydrogens is 210 g/mol. The minimum Gasteiger partial charge on any atom is -0.409 e. The van der Waals surface area contributed by atoms with Gasteiger partial charge < -0.3 is 21.0 Å². The summed E-state index contributed by atoms with van der Waals surface area (Å²) in [6.45, 7) is 4.91. The van der Waals surface area contributed by atoms with Gasteiger partial charge in [-0.2, -0.15) is 0 Å². The number of hydrogen-bond acceptors (Lipinski definition) is 4. The van der Waals surface area contributed by atoms with Gasteiger partial charge in [0.1, 0.15) is 5.92 Å². The molecule has 1 fully saturated rings. The lowest BCUT2D eigenvalue weighted by Gasteiger charge is -2.20. The molecule has 0 radical (unpaired) electrons. The number of rotatable bonds is 4. The summed E-state index contributed by atoms with van der Waals surface area (Å²) in [7, 11) is 0. The van der Waals surface area contributed by atoms with E-state index in [1.807, 2.05) is 13.8 Å². The quantitative estimate of drug-likeness (QED) is 0.271. The zero-order valence-corrected chi connectivity index (χ0v) is 9.64. The molecule has 6 heteroatoms. The number of nitrogens with one attached hydrogen (secondary N) is 1. The largest absolute Gasteiger partial charge is 0.409 e. The van der Waals surface area contributed by atoms with Gasteiger partial charge in [-0.25, -0.2) is 0 Å². The Morgan fingerprint density at radius 3 is 2.75 bits per heavy atom. The molecule has 0 aliphatic carbocycles. The second-order valence-electron chi connectivity index (χ2n) is 4.32. The predicted molar refractivity (Wildman–Crippen MR) is 59.1 cm³/mol. The molecule has 0 aromatic carbocycles. The molecule has 1 heterocycles. The van der Waals surface area contributed by atoms with Crippen LogP contribution >= 0.6 is 0 Å². The van der Waals surface area contributed by atoms with Crippen LogP contribution < -0.4 is 11.1 Å². The molecule has 2 atom stereocenters. The summed E-state index contributed by atoms with van der Waals surface area (Å²) in [6.07, 6.45) is 0.812. The van der Waals surface area contributed by atoms with Gasteiger partial charge in [0, 0.05) is 6.61 Å². The van der Waals surface area contributed by atoms with Gasteiger partial charge in [0.25, 0.3) is 0 Å². The number of oxime groups is 1. The Kier molecular flexibility index (Phi) is 4.54. The van der Waals surface area contributed by atoms with E-state index in [9.17, 15) is 4.79 Å². The van der Waals surface area contributed by atoms with Gasteiger partial charge in [-0.3, -0.25) is 4.79 Å². The number of nitrogens with two attached hydrogens (primary N) is 1. The molecule has 16 heavy (non-hydrogen) atoms. The van der Waals surface area contributed by atoms with Crippen molar-refractivity contribution < 1.29 is 14.7 Å². The lowest BCUT2D eigenvalue weighted by atomic mass is 9.93. The Morgan fingerprint density at radius 2 is 2.31 bits per heavy atom. The van der Waals surface area contributed by atoms with Crippen molar-refractivity contribution in [1.29, 1.82) is 0 Å². The van der Waals surface area contributed by atoms with Crippen molar-refractivity contribution in [2.75, 3.05) is 13.2 Å². The number of nitrogens with zero attached hydrogens (tertiary/aromatic N) is 1. The van der Waals surface area contributed by atoms with Crippen molar-refractivity contribution in [3.8, 4) is 0 Å². The van der Waals surface area contributed by atoms with Crippen LogP contribution in [0, 0.1) is 11.8 Å². The average Bonchev–Trinajstić information content (AvgIpc) is 2.69. The lowest BCUT2D eigenvalue weighted by molar-refractivity contribution is -0.124. The summed E-state index contributed by atoms with van der Waals surface area (Å²) < 4.78 is 5.16. The van der Waals surface area contributed by atoms with Gasteiger partial charge >= 0.3 is 0 Å². The minimum absolute atomic E-state index is 0.0155. The van der Waals surface area contributed by atoms with E-state index < -0.39 is 5.92 Å². The number of ether oxygens (including phenoxy) is 1. The van der Waals surface area contributed by atoms with E-state index >= 15 is 0 Å². The Balaban J connectivity index is 2.60. The average molecular weight is 229 g/mol. The fourth-order valence-corrected chi connectivity index (χ4v) is 1.78. The number of amides is 1. The molecule has 1 saturated heterocycles. The van der Waals surface area contributed by atoms with Gasteiger partial charge in [0.15, 0.2) is 5.84 Å². The SMILES string of the molecule is CC(C)C(C(=O)NC1CCOC1)C(N)=NO. The minimum atomic E-state index is -0.592. The first kappa shape index (κ1) is 12.8. The first-order valence-corrected chi connectivity index (χ1v) is 5.41. The predicted octanol–water partition coefficient (Wildman–Crippen LogP) is -0.0899. The van der Waals surface area contributed by atoms with Crippen LogP contribution in [0.3, 0.4) is 0 Å². The van der Waals surface area contributed by atoms with Crippen LogP contribution in [-0.4, -0.2) is 36.2 Å². The van der Waals surface area contributed by atoms with Gasteiger partial charge in [0.05, 0.1) is 12.6 Å². The van der Waals surface area contributed by atoms with E-state index in [0.717, 1.165) is 6.42 Å². The van der Waals surface area contributed by atoms with Crippen molar-refractivity contribution >= 4 is 11.7 Å². The van der Waals surface area contributed by atoms with Gasteiger partial charge in [-0.05, 0) is 12.3 Å². The lowest BCUT2D eigenvalue weighted by Crippen LogP contribution is -2.45. The first-order chi connectivity index (χ1) is 7.56. The molecule has 1 rings (SSSR count). The van der Waals surface area contributed by atoms with E-state index in [0.29, 0.717) is 13.2 Å². The highest BCUT2D eigenvalue weighted by Crippen LogP contribution is 2.13. The maximum atomic E-state index is 11.9. The van der Waals surface area contributed by atoms with Gasteiger partial charge in [0.2, 0.25) is 5.91 Å². The Morgan fingerprint density at radius 1 is 1.62 bits per heavy atom. The van der Waals surface area contributed by atoms with Crippen molar-refractivity contribution in [3.63, 3.8) is 0 Å². The second kappa shape index (κ2) is 5.69. The Bertz CT molecular complexity index is 272. The second-order valence-corrected chi connectivity index (χ2v) is 4.32. The zero-order chi connectivity index (χ0) is 12.1. The molecule has 1 aliphatic heterocycles. The van der Waals surface area contributed by atoms with Gasteiger partial charge in [-0.1, -0.05) is 19.0 Å². The van der Waals surface area contributed by atoms with Gasteiger partial charge in [-0.15, -0.1) is 0 Å². The molecular formula is C10H19N3O3. The van der Waals surface area contributed by atoms with Crippen LogP contribution in [-0.2, 0) is 9.53 Å². The third kappa shape index (κ3) is 3.10. The standard InChI is InChI=1S/C10H19N3O3/c1-6(2)8(9(11)13-15)10(14)12-7-3-4-16-5-7/h6-8,15H,3-5H2,1-2H3,(H2,11,13)(H,12,14). The fraction of sp³-hybridized carbons (Fsp3) is 0.800. The van der Waals surface area contributed by atoms with Crippen LogP contribution in [0.5, 0.6) is 0 Å². The van der Waals surface area contributed by atoms with Crippen molar-refractivity contribution in [1.82, 2.24) is 5.32 Å². The summed E-state index contributed by atoms with van der Waals surface area (Å²) in [5.74, 6) is -0.865. The van der Waals surface area contributed by atoms with Crippen LogP contribution in [0.2, 0.25) is 0 Å². The van der Waals surface area contributed by atoms with E-state index in [1.165, 1.54) is 0 Å². The Labute approximate surface area is 94.8 Å². The van der Waals surface area contributed by atoms with Crippen molar-refractivity contribution in [3.05, 3.63) is 0 Å². The van der Waals surface area contributed by atoms with Crippen LogP contribution in [0.1, 0.15) is 20.3 Å². The molecule has 6 nitrogen and oxygen atoms in total. The topological polar surface area (TPSA) is 96.9 Å². The number of amidine groups is 1. The van der Waals surface area contributed by atoms with Crippen LogP contribution in [0.4, 0.5) is 0 Å². The van der Waals surface area contributed by atoms with Crippen LogP contribution in [0.25, 0.3) is 0 Å². The highest BCUT2D eigenvalue weighted by atomic mass is 16.5. The number of carbonyl (C=O) groups is 1. The molecule has 1 aliphatic rings. The molecule has 0 saturated carbocycles. The monoisotopic (exact) mass is 229 g/mol. The maximum Gasteiger partial charge on any atom is 0.231 e.